The van der Waals surface area contributed by atoms with Crippen LogP contribution in [0.2, 0.25) is 0 Å². The molecule has 1 unspecified atom stereocenters. The zero-order valence-electron chi connectivity index (χ0n) is 15.4. The minimum absolute atomic E-state index is 0.0394. The molecule has 0 aromatic heterocycles. The van der Waals surface area contributed by atoms with Crippen LogP contribution in [0.5, 0.6) is 0 Å². The average Bonchev–Trinajstić information content (AvgIpc) is 2.63. The van der Waals surface area contributed by atoms with Crippen LogP contribution < -0.4 is 0 Å². The van der Waals surface area contributed by atoms with Gasteiger partial charge < -0.3 is 9.71 Å². The Morgan fingerprint density at radius 2 is 2.00 bits per heavy atom. The molecule has 1 aromatic carbocycles. The van der Waals surface area contributed by atoms with E-state index >= 15 is 0 Å². The van der Waals surface area contributed by atoms with Crippen molar-refractivity contribution < 1.29 is 9.72 Å². The second-order valence-electron chi connectivity index (χ2n) is 6.63. The zero-order valence-corrected chi connectivity index (χ0v) is 15.4. The number of nitro benzene ring substituents is 1. The maximum Gasteiger partial charge on any atom is 0.269 e. The molecule has 0 bridgehead atoms. The number of hydrogen-bond donors (Lipinski definition) is 0. The summed E-state index contributed by atoms with van der Waals surface area (Å²) in [7, 11) is 1.95. The number of nitro groups is 1. The monoisotopic (exact) mass is 353 g/mol. The highest BCUT2D eigenvalue weighted by Gasteiger charge is 2.44. The Bertz CT molecular complexity index is 760. The molecule has 2 rings (SSSR count). The molecule has 26 heavy (non-hydrogen) atoms. The van der Waals surface area contributed by atoms with E-state index in [2.05, 4.69) is 19.7 Å². The fourth-order valence-corrected chi connectivity index (χ4v) is 3.24. The lowest BCUT2D eigenvalue weighted by Gasteiger charge is -2.51. The minimum Gasteiger partial charge on any atom is -0.422 e. The maximum atomic E-state index is 13.2. The number of rotatable bonds is 6. The number of carbonyl (C=O) groups excluding carboxylic acids is 1. The van der Waals surface area contributed by atoms with Gasteiger partial charge >= 0.3 is 0 Å². The lowest BCUT2D eigenvalue weighted by atomic mass is 9.81. The number of amides is 1. The lowest BCUT2D eigenvalue weighted by molar-refractivity contribution is -0.384. The van der Waals surface area contributed by atoms with Crippen LogP contribution in [0, 0.1) is 10.1 Å². The molecule has 0 spiro atoms. The van der Waals surface area contributed by atoms with Crippen LogP contribution in [0.25, 0.3) is 0 Å². The first-order valence-electron chi connectivity index (χ1n) is 8.49. The molecule has 0 N–H and O–H groups in total. The van der Waals surface area contributed by atoms with Gasteiger partial charge in [-0.3, -0.25) is 14.9 Å². The molecular weight excluding hydrogens is 329 g/mol. The summed E-state index contributed by atoms with van der Waals surface area (Å²) in [6.07, 6.45) is 3.30. The number of nitrogens with zero attached hydrogens (tertiary/aromatic N) is 3. The van der Waals surface area contributed by atoms with E-state index in [0.29, 0.717) is 25.1 Å². The Kier molecular flexibility index (Phi) is 5.70. The fourth-order valence-electron chi connectivity index (χ4n) is 3.24. The second kappa shape index (κ2) is 7.60. The first kappa shape index (κ1) is 19.5. The molecule has 1 aliphatic heterocycles. The van der Waals surface area contributed by atoms with Crippen molar-refractivity contribution in [3.05, 3.63) is 77.0 Å². The van der Waals surface area contributed by atoms with Gasteiger partial charge in [-0.15, -0.1) is 6.58 Å². The predicted molar refractivity (Wildman–Crippen MR) is 105 cm³/mol. The van der Waals surface area contributed by atoms with Gasteiger partial charge in [0.05, 0.1) is 10.5 Å². The molecule has 1 heterocycles. The highest BCUT2D eigenvalue weighted by atomic mass is 16.6. The van der Waals surface area contributed by atoms with Crippen molar-refractivity contribution in [2.45, 2.75) is 25.3 Å². The van der Waals surface area contributed by atoms with E-state index in [1.54, 1.807) is 4.90 Å². The molecule has 0 saturated carbocycles. The summed E-state index contributed by atoms with van der Waals surface area (Å²) < 4.78 is 0. The van der Waals surface area contributed by atoms with Crippen LogP contribution in [0.4, 0.5) is 5.69 Å². The van der Waals surface area contributed by atoms with Crippen LogP contribution in [0.3, 0.4) is 0 Å². The number of piperazine rings is 1. The van der Waals surface area contributed by atoms with Crippen molar-refractivity contribution in [3.8, 4) is 0 Å². The van der Waals surface area contributed by atoms with Crippen molar-refractivity contribution in [1.29, 1.82) is 0 Å². The molecule has 0 aliphatic carbocycles. The predicted octanol–water partition coefficient (Wildman–Crippen LogP) is 2.70. The number of hydrogen-bond acceptors (Lipinski definition) is 4. The number of allylic oxidation sites excluding steroid dienone is 1. The molecule has 136 valence electrons. The van der Waals surface area contributed by atoms with Gasteiger partial charge in [-0.1, -0.05) is 19.2 Å². The molecule has 1 fully saturated rings. The summed E-state index contributed by atoms with van der Waals surface area (Å²) in [5, 5.41) is 10.8. The largest absolute Gasteiger partial charge is 0.422 e. The van der Waals surface area contributed by atoms with Gasteiger partial charge in [-0.2, -0.15) is 0 Å². The summed E-state index contributed by atoms with van der Waals surface area (Å²) >= 11 is 0. The summed E-state index contributed by atoms with van der Waals surface area (Å²) in [6.45, 7) is 15.3. The standard InChI is InChI=1S/C19H24BN3O3/c1-5-6-7-14(2)19(4)15(3)22(20)13-12-21(19)18(24)16-8-10-17(11-9-16)23(25)26/h5,8-11H,1-3,6-7,12-13,20H2,4H3. The van der Waals surface area contributed by atoms with Crippen LogP contribution in [0.15, 0.2) is 61.3 Å². The fraction of sp³-hybridized carbons (Fsp3) is 0.316. The lowest BCUT2D eigenvalue weighted by Crippen LogP contribution is -2.61. The van der Waals surface area contributed by atoms with E-state index in [1.165, 1.54) is 24.3 Å². The SMILES string of the molecule is BN1CCN(C(=O)c2ccc([N+](=O)[O-])cc2)C(C)(C(=C)CCC=C)C1=C. The van der Waals surface area contributed by atoms with Crippen molar-refractivity contribution in [2.24, 2.45) is 0 Å². The van der Waals surface area contributed by atoms with E-state index in [4.69, 9.17) is 0 Å². The highest BCUT2D eigenvalue weighted by Crippen LogP contribution is 2.38. The zero-order chi connectivity index (χ0) is 19.5. The molecule has 1 amide bonds. The molecule has 1 saturated heterocycles. The first-order chi connectivity index (χ1) is 12.2. The van der Waals surface area contributed by atoms with Crippen molar-refractivity contribution in [1.82, 2.24) is 9.71 Å². The summed E-state index contributed by atoms with van der Waals surface area (Å²) in [4.78, 5) is 27.3. The highest BCUT2D eigenvalue weighted by molar-refractivity contribution is 6.06. The van der Waals surface area contributed by atoms with Crippen molar-refractivity contribution >= 4 is 19.6 Å². The molecule has 1 aliphatic rings. The molecule has 1 atom stereocenters. The Labute approximate surface area is 155 Å². The summed E-state index contributed by atoms with van der Waals surface area (Å²) in [5.74, 6) is -0.184. The minimum atomic E-state index is -0.713. The Morgan fingerprint density at radius 3 is 2.54 bits per heavy atom. The maximum absolute atomic E-state index is 13.2. The number of carbonyl (C=O) groups is 1. The van der Waals surface area contributed by atoms with E-state index < -0.39 is 10.5 Å². The van der Waals surface area contributed by atoms with E-state index in [9.17, 15) is 14.9 Å². The summed E-state index contributed by atoms with van der Waals surface area (Å²) in [6, 6.07) is 5.69. The molecule has 1 aromatic rings. The smallest absolute Gasteiger partial charge is 0.269 e. The van der Waals surface area contributed by atoms with Crippen LogP contribution in [0.1, 0.15) is 30.1 Å². The van der Waals surface area contributed by atoms with Gasteiger partial charge in [-0.05, 0) is 37.5 Å². The van der Waals surface area contributed by atoms with Gasteiger partial charge in [0, 0.05) is 36.5 Å². The molecule has 6 nitrogen and oxygen atoms in total. The first-order valence-corrected chi connectivity index (χ1v) is 8.49. The molecule has 0 radical (unpaired) electrons. The third kappa shape index (κ3) is 3.42. The van der Waals surface area contributed by atoms with E-state index in [-0.39, 0.29) is 11.6 Å². The van der Waals surface area contributed by atoms with Crippen molar-refractivity contribution in [3.63, 3.8) is 0 Å². The van der Waals surface area contributed by atoms with Crippen LogP contribution in [-0.4, -0.2) is 47.2 Å². The van der Waals surface area contributed by atoms with Gasteiger partial charge in [0.15, 0.2) is 0 Å². The Balaban J connectivity index is 2.38. The second-order valence-corrected chi connectivity index (χ2v) is 6.63. The van der Waals surface area contributed by atoms with E-state index in [0.717, 1.165) is 17.7 Å². The van der Waals surface area contributed by atoms with Crippen LogP contribution in [-0.2, 0) is 0 Å². The third-order valence-electron chi connectivity index (χ3n) is 5.13. The molecular formula is C19H24BN3O3. The van der Waals surface area contributed by atoms with Gasteiger partial charge in [0.2, 0.25) is 7.98 Å². The summed E-state index contributed by atoms with van der Waals surface area (Å²) in [5.41, 5.74) is 1.37. The van der Waals surface area contributed by atoms with Gasteiger partial charge in [-0.25, -0.2) is 0 Å². The number of non-ortho nitro benzene ring substituents is 1. The van der Waals surface area contributed by atoms with Gasteiger partial charge in [0.25, 0.3) is 11.6 Å². The van der Waals surface area contributed by atoms with Crippen LogP contribution >= 0.6 is 0 Å². The molecule has 7 heteroatoms. The normalized spacial score (nSPS) is 20.0. The topological polar surface area (TPSA) is 66.7 Å². The average molecular weight is 353 g/mol. The Morgan fingerprint density at radius 1 is 1.38 bits per heavy atom. The van der Waals surface area contributed by atoms with Crippen molar-refractivity contribution in [2.75, 3.05) is 13.1 Å². The van der Waals surface area contributed by atoms with Gasteiger partial charge in [0.1, 0.15) is 0 Å². The Hall–Kier alpha value is -2.83. The van der Waals surface area contributed by atoms with E-state index in [1.807, 2.05) is 25.8 Å². The third-order valence-corrected chi connectivity index (χ3v) is 5.13. The quantitative estimate of drug-likeness (QED) is 0.341. The number of benzene rings is 1.